The molecule has 1 aromatic heterocycles. The smallest absolute Gasteiger partial charge is 0.159 e. The second-order valence-corrected chi connectivity index (χ2v) is 6.99. The first kappa shape index (κ1) is 14.2. The van der Waals surface area contributed by atoms with E-state index in [2.05, 4.69) is 50.9 Å². The lowest BCUT2D eigenvalue weighted by Gasteiger charge is -2.34. The first-order valence-corrected chi connectivity index (χ1v) is 7.55. The number of benzene rings is 1. The first-order chi connectivity index (χ1) is 9.87. The molecule has 0 amide bonds. The molecule has 0 saturated heterocycles. The van der Waals surface area contributed by atoms with E-state index < -0.39 is 0 Å². The van der Waals surface area contributed by atoms with Crippen LogP contribution in [-0.4, -0.2) is 9.97 Å². The van der Waals surface area contributed by atoms with E-state index in [1.54, 1.807) is 0 Å². The van der Waals surface area contributed by atoms with E-state index in [0.29, 0.717) is 0 Å². The SMILES string of the molecule is Cc1cccc(-c2ncc3c(n2)CC(C)(C)CC3N)c1C. The molecular weight excluding hydrogens is 258 g/mol. The van der Waals surface area contributed by atoms with Gasteiger partial charge in [-0.05, 0) is 43.2 Å². The Hall–Kier alpha value is -1.74. The van der Waals surface area contributed by atoms with Crippen LogP contribution in [0.25, 0.3) is 11.4 Å². The molecule has 1 aromatic carbocycles. The molecule has 0 fully saturated rings. The third kappa shape index (κ3) is 2.58. The lowest BCUT2D eigenvalue weighted by Crippen LogP contribution is -2.30. The van der Waals surface area contributed by atoms with Gasteiger partial charge in [-0.2, -0.15) is 0 Å². The van der Waals surface area contributed by atoms with Crippen molar-refractivity contribution in [2.45, 2.75) is 46.6 Å². The summed E-state index contributed by atoms with van der Waals surface area (Å²) in [5, 5.41) is 0. The van der Waals surface area contributed by atoms with Gasteiger partial charge in [-0.1, -0.05) is 32.0 Å². The van der Waals surface area contributed by atoms with Crippen molar-refractivity contribution in [1.29, 1.82) is 0 Å². The van der Waals surface area contributed by atoms with Gasteiger partial charge >= 0.3 is 0 Å². The predicted octanol–water partition coefficient (Wildman–Crippen LogP) is 3.73. The second-order valence-electron chi connectivity index (χ2n) is 6.99. The number of nitrogens with zero attached hydrogens (tertiary/aromatic N) is 2. The Morgan fingerprint density at radius 2 is 2.00 bits per heavy atom. The van der Waals surface area contributed by atoms with Gasteiger partial charge in [0.05, 0.1) is 0 Å². The van der Waals surface area contributed by atoms with Gasteiger partial charge < -0.3 is 5.73 Å². The maximum absolute atomic E-state index is 6.28. The topological polar surface area (TPSA) is 51.8 Å². The molecule has 2 aromatic rings. The molecule has 0 saturated carbocycles. The second kappa shape index (κ2) is 4.92. The van der Waals surface area contributed by atoms with E-state index in [0.717, 1.165) is 35.5 Å². The summed E-state index contributed by atoms with van der Waals surface area (Å²) in [6, 6.07) is 6.33. The molecule has 110 valence electrons. The fourth-order valence-corrected chi connectivity index (χ4v) is 3.23. The Morgan fingerprint density at radius 1 is 1.24 bits per heavy atom. The number of hydrogen-bond donors (Lipinski definition) is 1. The van der Waals surface area contributed by atoms with Crippen molar-refractivity contribution < 1.29 is 0 Å². The summed E-state index contributed by atoms with van der Waals surface area (Å²) < 4.78 is 0. The third-order valence-corrected chi connectivity index (χ3v) is 4.56. The van der Waals surface area contributed by atoms with Gasteiger partial charge in [-0.3, -0.25) is 0 Å². The lowest BCUT2D eigenvalue weighted by atomic mass is 9.74. The maximum atomic E-state index is 6.28. The number of nitrogens with two attached hydrogens (primary N) is 1. The summed E-state index contributed by atoms with van der Waals surface area (Å²) in [7, 11) is 0. The number of fused-ring (bicyclic) bond motifs is 1. The fraction of sp³-hybridized carbons (Fsp3) is 0.444. The van der Waals surface area contributed by atoms with Crippen LogP contribution in [0.1, 0.15) is 48.7 Å². The average Bonchev–Trinajstić information content (AvgIpc) is 2.40. The summed E-state index contributed by atoms with van der Waals surface area (Å²) in [4.78, 5) is 9.41. The lowest BCUT2D eigenvalue weighted by molar-refractivity contribution is 0.278. The normalized spacial score (nSPS) is 20.1. The highest BCUT2D eigenvalue weighted by molar-refractivity contribution is 5.62. The zero-order chi connectivity index (χ0) is 15.2. The number of hydrogen-bond acceptors (Lipinski definition) is 3. The predicted molar refractivity (Wildman–Crippen MR) is 86.0 cm³/mol. The molecule has 2 N–H and O–H groups in total. The number of rotatable bonds is 1. The van der Waals surface area contributed by atoms with Gasteiger partial charge in [0.25, 0.3) is 0 Å². The van der Waals surface area contributed by atoms with Crippen LogP contribution in [0.4, 0.5) is 0 Å². The first-order valence-electron chi connectivity index (χ1n) is 7.55. The molecule has 3 rings (SSSR count). The molecule has 3 heteroatoms. The van der Waals surface area contributed by atoms with Gasteiger partial charge in [0.2, 0.25) is 0 Å². The van der Waals surface area contributed by atoms with Gasteiger partial charge in [0.1, 0.15) is 0 Å². The zero-order valence-corrected chi connectivity index (χ0v) is 13.3. The van der Waals surface area contributed by atoms with Crippen LogP contribution in [-0.2, 0) is 6.42 Å². The average molecular weight is 281 g/mol. The van der Waals surface area contributed by atoms with E-state index in [1.807, 2.05) is 6.20 Å². The molecule has 1 unspecified atom stereocenters. The molecule has 0 aliphatic heterocycles. The highest BCUT2D eigenvalue weighted by Gasteiger charge is 2.31. The highest BCUT2D eigenvalue weighted by Crippen LogP contribution is 2.39. The van der Waals surface area contributed by atoms with Crippen LogP contribution in [0.2, 0.25) is 0 Å². The van der Waals surface area contributed by atoms with Crippen molar-refractivity contribution >= 4 is 0 Å². The van der Waals surface area contributed by atoms with Crippen molar-refractivity contribution in [3.8, 4) is 11.4 Å². The third-order valence-electron chi connectivity index (χ3n) is 4.56. The van der Waals surface area contributed by atoms with Crippen LogP contribution < -0.4 is 5.73 Å². The van der Waals surface area contributed by atoms with Crippen molar-refractivity contribution in [1.82, 2.24) is 9.97 Å². The van der Waals surface area contributed by atoms with Crippen LogP contribution in [0.15, 0.2) is 24.4 Å². The van der Waals surface area contributed by atoms with E-state index in [1.165, 1.54) is 11.1 Å². The Balaban J connectivity index is 2.10. The minimum atomic E-state index is 0.0522. The summed E-state index contributed by atoms with van der Waals surface area (Å²) in [6.07, 6.45) is 3.89. The van der Waals surface area contributed by atoms with E-state index in [-0.39, 0.29) is 11.5 Å². The molecule has 0 radical (unpaired) electrons. The molecule has 3 nitrogen and oxygen atoms in total. The summed E-state index contributed by atoms with van der Waals surface area (Å²) in [6.45, 7) is 8.77. The van der Waals surface area contributed by atoms with Gasteiger partial charge in [0, 0.05) is 29.1 Å². The Morgan fingerprint density at radius 3 is 2.76 bits per heavy atom. The quantitative estimate of drug-likeness (QED) is 0.866. The van der Waals surface area contributed by atoms with Crippen molar-refractivity contribution in [2.24, 2.45) is 11.1 Å². The Kier molecular flexibility index (Phi) is 3.33. The van der Waals surface area contributed by atoms with E-state index in [9.17, 15) is 0 Å². The van der Waals surface area contributed by atoms with Crippen molar-refractivity contribution in [3.05, 3.63) is 46.8 Å². The van der Waals surface area contributed by atoms with Crippen molar-refractivity contribution in [2.75, 3.05) is 0 Å². The zero-order valence-electron chi connectivity index (χ0n) is 13.3. The summed E-state index contributed by atoms with van der Waals surface area (Å²) in [5.74, 6) is 0.819. The molecule has 1 aliphatic carbocycles. The summed E-state index contributed by atoms with van der Waals surface area (Å²) in [5.41, 5.74) is 12.4. The van der Waals surface area contributed by atoms with Gasteiger partial charge in [-0.25, -0.2) is 9.97 Å². The molecule has 1 atom stereocenters. The highest BCUT2D eigenvalue weighted by atomic mass is 14.9. The van der Waals surface area contributed by atoms with Crippen LogP contribution in [0, 0.1) is 19.3 Å². The Labute approximate surface area is 126 Å². The van der Waals surface area contributed by atoms with Gasteiger partial charge in [0.15, 0.2) is 5.82 Å². The molecule has 1 aliphatic rings. The standard InChI is InChI=1S/C18H23N3/c1-11-6-5-7-13(12(11)2)17-20-10-14-15(19)8-18(3,4)9-16(14)21-17/h5-7,10,15H,8-9,19H2,1-4H3. The molecular formula is C18H23N3. The van der Waals surface area contributed by atoms with E-state index >= 15 is 0 Å². The molecule has 0 bridgehead atoms. The minimum Gasteiger partial charge on any atom is -0.324 e. The number of aromatic nitrogens is 2. The summed E-state index contributed by atoms with van der Waals surface area (Å²) >= 11 is 0. The molecule has 21 heavy (non-hydrogen) atoms. The largest absolute Gasteiger partial charge is 0.324 e. The molecule has 0 spiro atoms. The van der Waals surface area contributed by atoms with Gasteiger partial charge in [-0.15, -0.1) is 0 Å². The number of aryl methyl sites for hydroxylation is 1. The van der Waals surface area contributed by atoms with E-state index in [4.69, 9.17) is 10.7 Å². The maximum Gasteiger partial charge on any atom is 0.159 e. The molecule has 1 heterocycles. The van der Waals surface area contributed by atoms with Crippen LogP contribution >= 0.6 is 0 Å². The minimum absolute atomic E-state index is 0.0522. The van der Waals surface area contributed by atoms with Crippen LogP contribution in [0.3, 0.4) is 0 Å². The fourth-order valence-electron chi connectivity index (χ4n) is 3.23. The van der Waals surface area contributed by atoms with Crippen LogP contribution in [0.5, 0.6) is 0 Å². The monoisotopic (exact) mass is 281 g/mol. The Bertz CT molecular complexity index is 689. The van der Waals surface area contributed by atoms with Crippen molar-refractivity contribution in [3.63, 3.8) is 0 Å².